The normalized spacial score (nSPS) is 18.2. The van der Waals surface area contributed by atoms with Crippen molar-refractivity contribution in [1.82, 2.24) is 10.2 Å². The molecule has 4 heteroatoms. The highest BCUT2D eigenvalue weighted by Gasteiger charge is 2.22. The van der Waals surface area contributed by atoms with E-state index in [2.05, 4.69) is 17.1 Å². The number of piperidine rings is 1. The smallest absolute Gasteiger partial charge is 0.260 e. The van der Waals surface area contributed by atoms with Crippen molar-refractivity contribution in [3.05, 3.63) is 29.8 Å². The zero-order valence-corrected chi connectivity index (χ0v) is 13.3. The van der Waals surface area contributed by atoms with Gasteiger partial charge in [0.05, 0.1) is 0 Å². The first kappa shape index (κ1) is 15.8. The Hall–Kier alpha value is -1.55. The molecule has 1 atom stereocenters. The van der Waals surface area contributed by atoms with Crippen molar-refractivity contribution in [2.24, 2.45) is 0 Å². The summed E-state index contributed by atoms with van der Waals surface area (Å²) in [5, 5.41) is 3.10. The predicted molar refractivity (Wildman–Crippen MR) is 84.5 cm³/mol. The third-order valence-electron chi connectivity index (χ3n) is 4.08. The standard InChI is InChI=1S/C17H26N2O2/c1-4-19-11-9-15(10-12-19)18-17(20)14(3)21-16-7-5-13(2)6-8-16/h5-8,14-15H,4,9-12H2,1-3H3,(H,18,20)/t14-/m0/s1. The van der Waals surface area contributed by atoms with Crippen LogP contribution in [0, 0.1) is 6.92 Å². The quantitative estimate of drug-likeness (QED) is 0.905. The second kappa shape index (κ2) is 7.46. The molecule has 0 aromatic heterocycles. The lowest BCUT2D eigenvalue weighted by Crippen LogP contribution is -2.48. The van der Waals surface area contributed by atoms with E-state index < -0.39 is 6.10 Å². The van der Waals surface area contributed by atoms with Gasteiger partial charge in [0.15, 0.2) is 6.10 Å². The molecule has 2 rings (SSSR count). The number of hydrogen-bond donors (Lipinski definition) is 1. The van der Waals surface area contributed by atoms with Crippen LogP contribution >= 0.6 is 0 Å². The van der Waals surface area contributed by atoms with E-state index >= 15 is 0 Å². The van der Waals surface area contributed by atoms with Crippen LogP contribution in [0.25, 0.3) is 0 Å². The van der Waals surface area contributed by atoms with E-state index in [-0.39, 0.29) is 11.9 Å². The van der Waals surface area contributed by atoms with Crippen molar-refractivity contribution in [3.63, 3.8) is 0 Å². The number of nitrogens with one attached hydrogen (secondary N) is 1. The van der Waals surface area contributed by atoms with Gasteiger partial charge in [-0.2, -0.15) is 0 Å². The molecule has 1 N–H and O–H groups in total. The van der Waals surface area contributed by atoms with Crippen LogP contribution in [0.5, 0.6) is 5.75 Å². The molecule has 1 aromatic rings. The Morgan fingerprint density at radius 1 is 1.33 bits per heavy atom. The summed E-state index contributed by atoms with van der Waals surface area (Å²) in [5.74, 6) is 0.717. The summed E-state index contributed by atoms with van der Waals surface area (Å²) in [7, 11) is 0. The van der Waals surface area contributed by atoms with Crippen molar-refractivity contribution < 1.29 is 9.53 Å². The van der Waals surface area contributed by atoms with Crippen LogP contribution in [0.2, 0.25) is 0 Å². The Labute approximate surface area is 127 Å². The average Bonchev–Trinajstić information content (AvgIpc) is 2.50. The molecule has 21 heavy (non-hydrogen) atoms. The number of aryl methyl sites for hydroxylation is 1. The van der Waals surface area contributed by atoms with Gasteiger partial charge in [0.25, 0.3) is 5.91 Å². The maximum atomic E-state index is 12.2. The summed E-state index contributed by atoms with van der Waals surface area (Å²) in [5.41, 5.74) is 1.18. The zero-order chi connectivity index (χ0) is 15.2. The van der Waals surface area contributed by atoms with Crippen molar-refractivity contribution in [2.75, 3.05) is 19.6 Å². The minimum Gasteiger partial charge on any atom is -0.481 e. The fourth-order valence-electron chi connectivity index (χ4n) is 2.59. The number of likely N-dealkylation sites (tertiary alicyclic amines) is 1. The molecular weight excluding hydrogens is 264 g/mol. The van der Waals surface area contributed by atoms with Gasteiger partial charge in [-0.3, -0.25) is 4.79 Å². The second-order valence-electron chi connectivity index (χ2n) is 5.79. The summed E-state index contributed by atoms with van der Waals surface area (Å²) in [6, 6.07) is 8.06. The van der Waals surface area contributed by atoms with Gasteiger partial charge in [0, 0.05) is 19.1 Å². The second-order valence-corrected chi connectivity index (χ2v) is 5.79. The van der Waals surface area contributed by atoms with Gasteiger partial charge in [-0.15, -0.1) is 0 Å². The van der Waals surface area contributed by atoms with E-state index in [1.54, 1.807) is 6.92 Å². The van der Waals surface area contributed by atoms with Gasteiger partial charge in [-0.05, 0) is 45.4 Å². The molecule has 116 valence electrons. The van der Waals surface area contributed by atoms with Gasteiger partial charge < -0.3 is 15.0 Å². The Kier molecular flexibility index (Phi) is 5.62. The number of ether oxygens (including phenoxy) is 1. The molecule has 1 fully saturated rings. The first-order valence-electron chi connectivity index (χ1n) is 7.84. The molecule has 0 radical (unpaired) electrons. The van der Waals surface area contributed by atoms with E-state index in [4.69, 9.17) is 4.74 Å². The maximum Gasteiger partial charge on any atom is 0.260 e. The van der Waals surface area contributed by atoms with Crippen LogP contribution in [0.3, 0.4) is 0 Å². The van der Waals surface area contributed by atoms with Crippen LogP contribution in [0.1, 0.15) is 32.3 Å². The molecule has 1 aliphatic heterocycles. The highest BCUT2D eigenvalue weighted by Crippen LogP contribution is 2.14. The molecular formula is C17H26N2O2. The van der Waals surface area contributed by atoms with Gasteiger partial charge >= 0.3 is 0 Å². The zero-order valence-electron chi connectivity index (χ0n) is 13.3. The number of hydrogen-bond acceptors (Lipinski definition) is 3. The molecule has 1 heterocycles. The molecule has 0 saturated carbocycles. The number of nitrogens with zero attached hydrogens (tertiary/aromatic N) is 1. The minimum atomic E-state index is -0.461. The minimum absolute atomic E-state index is 0.0227. The molecule has 0 unspecified atom stereocenters. The summed E-state index contributed by atoms with van der Waals surface area (Å²) < 4.78 is 5.69. The van der Waals surface area contributed by atoms with E-state index in [9.17, 15) is 4.79 Å². The van der Waals surface area contributed by atoms with Crippen molar-refractivity contribution in [2.45, 2.75) is 45.8 Å². The largest absolute Gasteiger partial charge is 0.481 e. The molecule has 1 amide bonds. The fourth-order valence-corrected chi connectivity index (χ4v) is 2.59. The fraction of sp³-hybridized carbons (Fsp3) is 0.588. The molecule has 1 saturated heterocycles. The van der Waals surface area contributed by atoms with Crippen molar-refractivity contribution >= 4 is 5.91 Å². The van der Waals surface area contributed by atoms with Crippen LogP contribution in [0.4, 0.5) is 0 Å². The van der Waals surface area contributed by atoms with Crippen LogP contribution in [-0.2, 0) is 4.79 Å². The van der Waals surface area contributed by atoms with Crippen molar-refractivity contribution in [3.8, 4) is 5.75 Å². The third kappa shape index (κ3) is 4.74. The first-order valence-corrected chi connectivity index (χ1v) is 7.84. The van der Waals surface area contributed by atoms with E-state index in [1.165, 1.54) is 5.56 Å². The Bertz CT molecular complexity index is 450. The SMILES string of the molecule is CCN1CCC(NC(=O)[C@H](C)Oc2ccc(C)cc2)CC1. The lowest BCUT2D eigenvalue weighted by Gasteiger charge is -2.32. The van der Waals surface area contributed by atoms with Crippen LogP contribution in [-0.4, -0.2) is 42.6 Å². The van der Waals surface area contributed by atoms with Gasteiger partial charge in [0.1, 0.15) is 5.75 Å². The Morgan fingerprint density at radius 2 is 1.95 bits per heavy atom. The van der Waals surface area contributed by atoms with Gasteiger partial charge in [-0.1, -0.05) is 24.6 Å². The molecule has 0 aliphatic carbocycles. The number of carbonyl (C=O) groups excluding carboxylic acids is 1. The van der Waals surface area contributed by atoms with Crippen LogP contribution < -0.4 is 10.1 Å². The monoisotopic (exact) mass is 290 g/mol. The number of rotatable bonds is 5. The topological polar surface area (TPSA) is 41.6 Å². The summed E-state index contributed by atoms with van der Waals surface area (Å²) in [4.78, 5) is 14.6. The molecule has 1 aliphatic rings. The number of carbonyl (C=O) groups is 1. The maximum absolute atomic E-state index is 12.2. The molecule has 1 aromatic carbocycles. The predicted octanol–water partition coefficient (Wildman–Crippen LogP) is 2.36. The van der Waals surface area contributed by atoms with E-state index in [1.807, 2.05) is 31.2 Å². The van der Waals surface area contributed by atoms with Gasteiger partial charge in [-0.25, -0.2) is 0 Å². The molecule has 0 bridgehead atoms. The van der Waals surface area contributed by atoms with Gasteiger partial charge in [0.2, 0.25) is 0 Å². The lowest BCUT2D eigenvalue weighted by molar-refractivity contribution is -0.128. The average molecular weight is 290 g/mol. The summed E-state index contributed by atoms with van der Waals surface area (Å²) in [6.45, 7) is 9.23. The summed E-state index contributed by atoms with van der Waals surface area (Å²) in [6.07, 6.45) is 1.59. The Morgan fingerprint density at radius 3 is 2.52 bits per heavy atom. The third-order valence-corrected chi connectivity index (χ3v) is 4.08. The highest BCUT2D eigenvalue weighted by molar-refractivity contribution is 5.81. The number of amides is 1. The first-order chi connectivity index (χ1) is 10.1. The van der Waals surface area contributed by atoms with Crippen molar-refractivity contribution in [1.29, 1.82) is 0 Å². The number of benzene rings is 1. The molecule has 0 spiro atoms. The van der Waals surface area contributed by atoms with E-state index in [0.717, 1.165) is 38.2 Å². The highest BCUT2D eigenvalue weighted by atomic mass is 16.5. The Balaban J connectivity index is 1.78. The van der Waals surface area contributed by atoms with Crippen LogP contribution in [0.15, 0.2) is 24.3 Å². The summed E-state index contributed by atoms with van der Waals surface area (Å²) >= 11 is 0. The molecule has 4 nitrogen and oxygen atoms in total. The van der Waals surface area contributed by atoms with E-state index in [0.29, 0.717) is 0 Å². The lowest BCUT2D eigenvalue weighted by atomic mass is 10.0.